The molecule has 0 fully saturated rings. The number of aromatic nitrogens is 3. The molecule has 0 saturated heterocycles. The lowest BCUT2D eigenvalue weighted by Gasteiger charge is -2.10. The van der Waals surface area contributed by atoms with Crippen LogP contribution in [0.1, 0.15) is 27.2 Å². The van der Waals surface area contributed by atoms with Gasteiger partial charge in [0.25, 0.3) is 5.91 Å². The minimum atomic E-state index is -0.212. The summed E-state index contributed by atoms with van der Waals surface area (Å²) in [4.78, 5) is 24.1. The van der Waals surface area contributed by atoms with Gasteiger partial charge in [-0.25, -0.2) is 9.97 Å². The number of anilines is 2. The van der Waals surface area contributed by atoms with Gasteiger partial charge in [0.15, 0.2) is 0 Å². The first-order valence-electron chi connectivity index (χ1n) is 9.59. The van der Waals surface area contributed by atoms with E-state index in [0.717, 1.165) is 23.2 Å². The number of fused-ring (bicyclic) bond motifs is 1. The summed E-state index contributed by atoms with van der Waals surface area (Å²) in [6.45, 7) is 4.62. The summed E-state index contributed by atoms with van der Waals surface area (Å²) in [5, 5.41) is 7.38. The number of carbonyl (C=O) groups excluding carboxylic acids is 1. The van der Waals surface area contributed by atoms with Gasteiger partial charge in [-0.2, -0.15) is 0 Å². The van der Waals surface area contributed by atoms with E-state index in [1.165, 1.54) is 22.8 Å². The Morgan fingerprint density at radius 3 is 2.79 bits per heavy atom. The van der Waals surface area contributed by atoms with Gasteiger partial charge in [-0.3, -0.25) is 4.79 Å². The van der Waals surface area contributed by atoms with Crippen molar-refractivity contribution in [3.63, 3.8) is 0 Å². The van der Waals surface area contributed by atoms with Crippen molar-refractivity contribution in [3.8, 4) is 0 Å². The van der Waals surface area contributed by atoms with Gasteiger partial charge in [-0.15, -0.1) is 0 Å². The van der Waals surface area contributed by atoms with Crippen LogP contribution < -0.4 is 10.6 Å². The maximum Gasteiger partial charge on any atom is 0.270 e. The number of hydrogen-bond acceptors (Lipinski definition) is 4. The van der Waals surface area contributed by atoms with Crippen LogP contribution in [-0.4, -0.2) is 27.4 Å². The van der Waals surface area contributed by atoms with Crippen LogP contribution in [0.2, 0.25) is 0 Å². The minimum absolute atomic E-state index is 0.212. The van der Waals surface area contributed by atoms with Gasteiger partial charge in [0.05, 0.1) is 0 Å². The first-order valence-corrected chi connectivity index (χ1v) is 9.59. The molecule has 29 heavy (non-hydrogen) atoms. The van der Waals surface area contributed by atoms with Crippen LogP contribution in [-0.2, 0) is 6.42 Å². The van der Waals surface area contributed by atoms with Crippen LogP contribution in [0.4, 0.5) is 11.5 Å². The highest BCUT2D eigenvalue weighted by Gasteiger charge is 2.10. The van der Waals surface area contributed by atoms with Crippen LogP contribution >= 0.6 is 0 Å². The quantitative estimate of drug-likeness (QED) is 0.462. The fraction of sp³-hybridized carbons (Fsp3) is 0.174. The number of carbonyl (C=O) groups is 1. The molecule has 0 atom stereocenters. The van der Waals surface area contributed by atoms with Gasteiger partial charge in [-0.05, 0) is 43.5 Å². The molecule has 3 N–H and O–H groups in total. The normalized spacial score (nSPS) is 10.8. The van der Waals surface area contributed by atoms with Crippen LogP contribution in [0.3, 0.4) is 0 Å². The molecule has 0 aliphatic carbocycles. The average Bonchev–Trinajstić information content (AvgIpc) is 3.13. The van der Waals surface area contributed by atoms with Gasteiger partial charge in [0, 0.05) is 35.4 Å². The lowest BCUT2D eigenvalue weighted by atomic mass is 10.1. The Labute approximate surface area is 169 Å². The zero-order chi connectivity index (χ0) is 20.2. The molecular formula is C23H23N5O. The van der Waals surface area contributed by atoms with E-state index in [0.29, 0.717) is 18.1 Å². The largest absolute Gasteiger partial charge is 0.361 e. The third kappa shape index (κ3) is 4.27. The standard InChI is InChI=1S/C23H23N5O/c1-15-7-8-19(16(2)11-15)28-22-12-21(26-14-27-22)23(29)24-10-9-17-13-25-20-6-4-3-5-18(17)20/h3-8,11-14,25H,9-10H2,1-2H3,(H,24,29)(H,26,27,28). The first kappa shape index (κ1) is 18.7. The SMILES string of the molecule is Cc1ccc(Nc2cc(C(=O)NCCc3c[nH]c4ccccc34)ncn2)c(C)c1. The van der Waals surface area contributed by atoms with Gasteiger partial charge >= 0.3 is 0 Å². The predicted octanol–water partition coefficient (Wildman–Crippen LogP) is 4.29. The first-order chi connectivity index (χ1) is 14.1. The molecule has 0 aliphatic rings. The van der Waals surface area contributed by atoms with Crippen molar-refractivity contribution >= 4 is 28.3 Å². The number of hydrogen-bond donors (Lipinski definition) is 3. The maximum absolute atomic E-state index is 12.5. The molecule has 0 spiro atoms. The number of aromatic amines is 1. The summed E-state index contributed by atoms with van der Waals surface area (Å²) in [5.41, 5.74) is 5.90. The van der Waals surface area contributed by atoms with Crippen molar-refractivity contribution in [2.45, 2.75) is 20.3 Å². The number of benzene rings is 2. The highest BCUT2D eigenvalue weighted by atomic mass is 16.1. The molecule has 0 unspecified atom stereocenters. The van der Waals surface area contributed by atoms with E-state index in [9.17, 15) is 4.79 Å². The molecule has 2 aromatic carbocycles. The number of nitrogens with zero attached hydrogens (tertiary/aromatic N) is 2. The van der Waals surface area contributed by atoms with E-state index < -0.39 is 0 Å². The number of amides is 1. The molecule has 2 aromatic heterocycles. The van der Waals surface area contributed by atoms with Gasteiger partial charge in [0.2, 0.25) is 0 Å². The van der Waals surface area contributed by atoms with Crippen LogP contribution in [0.15, 0.2) is 61.1 Å². The fourth-order valence-corrected chi connectivity index (χ4v) is 3.38. The molecule has 0 saturated carbocycles. The molecule has 146 valence electrons. The summed E-state index contributed by atoms with van der Waals surface area (Å²) >= 11 is 0. The van der Waals surface area contributed by atoms with Crippen LogP contribution in [0.25, 0.3) is 10.9 Å². The highest BCUT2D eigenvalue weighted by molar-refractivity contribution is 5.93. The van der Waals surface area contributed by atoms with Crippen LogP contribution in [0.5, 0.6) is 0 Å². The Morgan fingerprint density at radius 1 is 1.07 bits per heavy atom. The molecular weight excluding hydrogens is 362 g/mol. The minimum Gasteiger partial charge on any atom is -0.361 e. The van der Waals surface area contributed by atoms with Crippen molar-refractivity contribution in [1.82, 2.24) is 20.3 Å². The third-order valence-electron chi connectivity index (χ3n) is 4.90. The Hall–Kier alpha value is -3.67. The second-order valence-corrected chi connectivity index (χ2v) is 7.10. The molecule has 0 bridgehead atoms. The highest BCUT2D eigenvalue weighted by Crippen LogP contribution is 2.20. The van der Waals surface area contributed by atoms with Crippen molar-refractivity contribution in [2.75, 3.05) is 11.9 Å². The number of rotatable bonds is 6. The summed E-state index contributed by atoms with van der Waals surface area (Å²) in [7, 11) is 0. The predicted molar refractivity (Wildman–Crippen MR) is 116 cm³/mol. The third-order valence-corrected chi connectivity index (χ3v) is 4.90. The number of aryl methyl sites for hydroxylation is 2. The topological polar surface area (TPSA) is 82.7 Å². The molecule has 4 aromatic rings. The van der Waals surface area contributed by atoms with E-state index >= 15 is 0 Å². The van der Waals surface area contributed by atoms with E-state index in [4.69, 9.17) is 0 Å². The second kappa shape index (κ2) is 8.14. The zero-order valence-electron chi connectivity index (χ0n) is 16.5. The van der Waals surface area contributed by atoms with Crippen molar-refractivity contribution in [3.05, 3.63) is 83.4 Å². The lowest BCUT2D eigenvalue weighted by molar-refractivity contribution is 0.0949. The molecule has 0 radical (unpaired) electrons. The van der Waals surface area contributed by atoms with Crippen molar-refractivity contribution < 1.29 is 4.79 Å². The second-order valence-electron chi connectivity index (χ2n) is 7.10. The smallest absolute Gasteiger partial charge is 0.270 e. The van der Waals surface area contributed by atoms with E-state index in [2.05, 4.69) is 44.6 Å². The summed E-state index contributed by atoms with van der Waals surface area (Å²) in [6.07, 6.45) is 4.14. The van der Waals surface area contributed by atoms with E-state index in [1.54, 1.807) is 6.07 Å². The number of H-pyrrole nitrogens is 1. The number of para-hydroxylation sites is 1. The Kier molecular flexibility index (Phi) is 5.24. The van der Waals surface area contributed by atoms with Crippen molar-refractivity contribution in [2.24, 2.45) is 0 Å². The molecule has 0 aliphatic heterocycles. The molecule has 6 nitrogen and oxygen atoms in total. The van der Waals surface area contributed by atoms with Crippen molar-refractivity contribution in [1.29, 1.82) is 0 Å². The molecule has 4 rings (SSSR count). The Balaban J connectivity index is 1.39. The molecule has 6 heteroatoms. The maximum atomic E-state index is 12.5. The van der Waals surface area contributed by atoms with Gasteiger partial charge < -0.3 is 15.6 Å². The van der Waals surface area contributed by atoms with Gasteiger partial charge in [0.1, 0.15) is 17.8 Å². The van der Waals surface area contributed by atoms with E-state index in [1.807, 2.05) is 43.5 Å². The molecule has 2 heterocycles. The van der Waals surface area contributed by atoms with Crippen LogP contribution in [0, 0.1) is 13.8 Å². The zero-order valence-corrected chi connectivity index (χ0v) is 16.5. The Morgan fingerprint density at radius 2 is 1.93 bits per heavy atom. The fourth-order valence-electron chi connectivity index (χ4n) is 3.38. The summed E-state index contributed by atoms with van der Waals surface area (Å²) in [5.74, 6) is 0.379. The number of nitrogens with one attached hydrogen (secondary N) is 3. The monoisotopic (exact) mass is 385 g/mol. The van der Waals surface area contributed by atoms with E-state index in [-0.39, 0.29) is 5.91 Å². The summed E-state index contributed by atoms with van der Waals surface area (Å²) in [6, 6.07) is 16.0. The molecule has 1 amide bonds. The average molecular weight is 385 g/mol. The summed E-state index contributed by atoms with van der Waals surface area (Å²) < 4.78 is 0. The Bertz CT molecular complexity index is 1160. The van der Waals surface area contributed by atoms with Gasteiger partial charge in [-0.1, -0.05) is 35.9 Å². The lowest BCUT2D eigenvalue weighted by Crippen LogP contribution is -2.26.